The molecule has 0 rings (SSSR count). The Bertz CT molecular complexity index is 214. The lowest BCUT2D eigenvalue weighted by atomic mass is 9.60. The van der Waals surface area contributed by atoms with Crippen molar-refractivity contribution in [1.29, 1.82) is 0 Å². The van der Waals surface area contributed by atoms with Gasteiger partial charge in [-0.05, 0) is 35.0 Å². The van der Waals surface area contributed by atoms with Crippen LogP contribution in [0.3, 0.4) is 0 Å². The summed E-state index contributed by atoms with van der Waals surface area (Å²) >= 11 is 0. The molecular weight excluding hydrogens is 204 g/mol. The van der Waals surface area contributed by atoms with Crippen molar-refractivity contribution in [2.45, 2.75) is 81.6 Å². The minimum atomic E-state index is 0.461. The highest BCUT2D eigenvalue weighted by Gasteiger charge is 2.38. The van der Waals surface area contributed by atoms with E-state index < -0.39 is 0 Å². The molecule has 0 radical (unpaired) electrons. The Morgan fingerprint density at radius 3 is 1.65 bits per heavy atom. The first-order chi connectivity index (χ1) is 7.60. The predicted octanol–water partition coefficient (Wildman–Crippen LogP) is 6.16. The highest BCUT2D eigenvalue weighted by Crippen LogP contribution is 2.47. The largest absolute Gasteiger partial charge is 0.0651 e. The van der Waals surface area contributed by atoms with Crippen molar-refractivity contribution in [2.24, 2.45) is 28.6 Å². The van der Waals surface area contributed by atoms with Crippen LogP contribution < -0.4 is 0 Å². The van der Waals surface area contributed by atoms with Crippen LogP contribution in [0.15, 0.2) is 0 Å². The fraction of sp³-hybridized carbons (Fsp3) is 1.00. The van der Waals surface area contributed by atoms with E-state index in [0.717, 1.165) is 17.8 Å². The van der Waals surface area contributed by atoms with E-state index in [2.05, 4.69) is 62.3 Å². The molecule has 0 aromatic carbocycles. The third-order valence-electron chi connectivity index (χ3n) is 5.71. The van der Waals surface area contributed by atoms with Crippen LogP contribution in [-0.2, 0) is 0 Å². The SMILES string of the molecule is CCC(C)C(C)(C)CC(C)(CC)C(C)C(C)C. The van der Waals surface area contributed by atoms with Gasteiger partial charge in [0.1, 0.15) is 0 Å². The van der Waals surface area contributed by atoms with Gasteiger partial charge in [0.05, 0.1) is 0 Å². The van der Waals surface area contributed by atoms with Crippen LogP contribution in [0.4, 0.5) is 0 Å². The van der Waals surface area contributed by atoms with Crippen molar-refractivity contribution < 1.29 is 0 Å². The van der Waals surface area contributed by atoms with E-state index in [1.165, 1.54) is 19.3 Å². The summed E-state index contributed by atoms with van der Waals surface area (Å²) in [4.78, 5) is 0. The molecule has 17 heavy (non-hydrogen) atoms. The Balaban J connectivity index is 4.91. The van der Waals surface area contributed by atoms with E-state index >= 15 is 0 Å². The van der Waals surface area contributed by atoms with Gasteiger partial charge in [-0.2, -0.15) is 0 Å². The third kappa shape index (κ3) is 4.30. The quantitative estimate of drug-likeness (QED) is 0.500. The zero-order valence-electron chi connectivity index (χ0n) is 13.9. The minimum Gasteiger partial charge on any atom is -0.0651 e. The summed E-state index contributed by atoms with van der Waals surface area (Å²) in [6.45, 7) is 21.7. The highest BCUT2D eigenvalue weighted by molar-refractivity contribution is 4.88. The second-order valence-corrected chi connectivity index (χ2v) is 7.51. The van der Waals surface area contributed by atoms with Gasteiger partial charge in [-0.3, -0.25) is 0 Å². The topological polar surface area (TPSA) is 0 Å². The summed E-state index contributed by atoms with van der Waals surface area (Å²) < 4.78 is 0. The van der Waals surface area contributed by atoms with Crippen molar-refractivity contribution in [3.8, 4) is 0 Å². The first-order valence-corrected chi connectivity index (χ1v) is 7.60. The Hall–Kier alpha value is 0. The van der Waals surface area contributed by atoms with E-state index in [4.69, 9.17) is 0 Å². The van der Waals surface area contributed by atoms with Gasteiger partial charge >= 0.3 is 0 Å². The van der Waals surface area contributed by atoms with E-state index in [1.54, 1.807) is 0 Å². The van der Waals surface area contributed by atoms with Crippen molar-refractivity contribution >= 4 is 0 Å². The lowest BCUT2D eigenvalue weighted by Crippen LogP contribution is -2.36. The van der Waals surface area contributed by atoms with Crippen LogP contribution in [-0.4, -0.2) is 0 Å². The predicted molar refractivity (Wildman–Crippen MR) is 80.3 cm³/mol. The summed E-state index contributed by atoms with van der Waals surface area (Å²) in [6.07, 6.45) is 3.94. The molecule has 0 amide bonds. The molecule has 0 bridgehead atoms. The molecular formula is C17H36. The molecule has 3 atom stereocenters. The normalized spacial score (nSPS) is 20.1. The van der Waals surface area contributed by atoms with Gasteiger partial charge in [0.2, 0.25) is 0 Å². The summed E-state index contributed by atoms with van der Waals surface area (Å²) in [6, 6.07) is 0. The van der Waals surface area contributed by atoms with Crippen molar-refractivity contribution in [2.75, 3.05) is 0 Å². The minimum absolute atomic E-state index is 0.461. The molecule has 0 nitrogen and oxygen atoms in total. The molecule has 104 valence electrons. The molecule has 0 aliphatic rings. The molecule has 0 fully saturated rings. The Morgan fingerprint density at radius 2 is 1.35 bits per heavy atom. The van der Waals surface area contributed by atoms with Crippen LogP contribution >= 0.6 is 0 Å². The Morgan fingerprint density at radius 1 is 0.882 bits per heavy atom. The maximum absolute atomic E-state index is 2.50. The molecule has 0 aromatic heterocycles. The smallest absolute Gasteiger partial charge is 0.0295 e. The molecule has 0 aliphatic heterocycles. The monoisotopic (exact) mass is 240 g/mol. The molecule has 0 N–H and O–H groups in total. The number of hydrogen-bond acceptors (Lipinski definition) is 0. The molecule has 3 unspecified atom stereocenters. The van der Waals surface area contributed by atoms with Crippen LogP contribution in [0.5, 0.6) is 0 Å². The highest BCUT2D eigenvalue weighted by atomic mass is 14.4. The second-order valence-electron chi connectivity index (χ2n) is 7.51. The van der Waals surface area contributed by atoms with E-state index in [0.29, 0.717) is 10.8 Å². The lowest BCUT2D eigenvalue weighted by molar-refractivity contribution is 0.0492. The molecule has 0 saturated carbocycles. The molecule has 0 aromatic rings. The summed E-state index contributed by atoms with van der Waals surface area (Å²) in [5.41, 5.74) is 0.948. The molecule has 0 heteroatoms. The average molecular weight is 240 g/mol. The summed E-state index contributed by atoms with van der Waals surface area (Å²) in [5.74, 6) is 2.40. The second kappa shape index (κ2) is 6.25. The van der Waals surface area contributed by atoms with Crippen LogP contribution in [0.2, 0.25) is 0 Å². The number of rotatable bonds is 7. The van der Waals surface area contributed by atoms with Crippen molar-refractivity contribution in [1.82, 2.24) is 0 Å². The van der Waals surface area contributed by atoms with Gasteiger partial charge in [0.15, 0.2) is 0 Å². The fourth-order valence-electron chi connectivity index (χ4n) is 3.18. The van der Waals surface area contributed by atoms with E-state index in [1.807, 2.05) is 0 Å². The Kier molecular flexibility index (Phi) is 6.25. The van der Waals surface area contributed by atoms with Gasteiger partial charge < -0.3 is 0 Å². The van der Waals surface area contributed by atoms with E-state index in [-0.39, 0.29) is 0 Å². The van der Waals surface area contributed by atoms with Gasteiger partial charge in [0.25, 0.3) is 0 Å². The summed E-state index contributed by atoms with van der Waals surface area (Å²) in [5, 5.41) is 0. The lowest BCUT2D eigenvalue weighted by Gasteiger charge is -2.45. The number of hydrogen-bond donors (Lipinski definition) is 0. The fourth-order valence-corrected chi connectivity index (χ4v) is 3.18. The average Bonchev–Trinajstić information content (AvgIpc) is 2.25. The van der Waals surface area contributed by atoms with Gasteiger partial charge in [-0.15, -0.1) is 0 Å². The van der Waals surface area contributed by atoms with Gasteiger partial charge in [-0.25, -0.2) is 0 Å². The zero-order valence-corrected chi connectivity index (χ0v) is 13.9. The van der Waals surface area contributed by atoms with E-state index in [9.17, 15) is 0 Å². The van der Waals surface area contributed by atoms with Gasteiger partial charge in [-0.1, -0.05) is 75.2 Å². The maximum Gasteiger partial charge on any atom is -0.0295 e. The molecule has 0 spiro atoms. The maximum atomic E-state index is 2.50. The van der Waals surface area contributed by atoms with Crippen LogP contribution in [0, 0.1) is 28.6 Å². The Labute approximate surface area is 111 Å². The standard InChI is InChI=1S/C17H36/c1-10-14(5)16(7,8)12-17(9,11-2)15(6)13(3)4/h13-15H,10-12H2,1-9H3. The first kappa shape index (κ1) is 17.0. The van der Waals surface area contributed by atoms with Gasteiger partial charge in [0, 0.05) is 0 Å². The van der Waals surface area contributed by atoms with Crippen molar-refractivity contribution in [3.05, 3.63) is 0 Å². The molecule has 0 heterocycles. The molecule has 0 aliphatic carbocycles. The van der Waals surface area contributed by atoms with Crippen molar-refractivity contribution in [3.63, 3.8) is 0 Å². The summed E-state index contributed by atoms with van der Waals surface area (Å²) in [7, 11) is 0. The third-order valence-corrected chi connectivity index (χ3v) is 5.71. The zero-order chi connectivity index (χ0) is 13.9. The molecule has 0 saturated heterocycles. The van der Waals surface area contributed by atoms with Crippen LogP contribution in [0.1, 0.15) is 81.6 Å². The first-order valence-electron chi connectivity index (χ1n) is 7.60. The van der Waals surface area contributed by atoms with Crippen LogP contribution in [0.25, 0.3) is 0 Å².